The molecule has 22 heavy (non-hydrogen) atoms. The summed E-state index contributed by atoms with van der Waals surface area (Å²) in [6, 6.07) is 13.4. The van der Waals surface area contributed by atoms with E-state index in [1.807, 2.05) is 31.2 Å². The summed E-state index contributed by atoms with van der Waals surface area (Å²) in [5.41, 5.74) is 1.89. The van der Waals surface area contributed by atoms with Crippen LogP contribution in [0.15, 0.2) is 47.4 Å². The minimum Gasteiger partial charge on any atom is -0.493 e. The molecule has 0 aromatic heterocycles. The van der Waals surface area contributed by atoms with Crippen molar-refractivity contribution in [2.75, 3.05) is 25.3 Å². The predicted octanol–water partition coefficient (Wildman–Crippen LogP) is 3.74. The van der Waals surface area contributed by atoms with Crippen molar-refractivity contribution in [3.05, 3.63) is 48.0 Å². The fourth-order valence-electron chi connectivity index (χ4n) is 1.89. The molecule has 2 rings (SSSR count). The molecular weight excluding hydrogens is 298 g/mol. The van der Waals surface area contributed by atoms with Crippen LogP contribution in [0.2, 0.25) is 0 Å². The van der Waals surface area contributed by atoms with Crippen LogP contribution in [-0.2, 0) is 4.79 Å². The third kappa shape index (κ3) is 4.43. The average molecular weight is 317 g/mol. The van der Waals surface area contributed by atoms with Crippen LogP contribution in [0.5, 0.6) is 11.5 Å². The van der Waals surface area contributed by atoms with Crippen LogP contribution in [0, 0.1) is 6.92 Å². The number of hydrogen-bond donors (Lipinski definition) is 1. The number of thioether (sulfide) groups is 1. The van der Waals surface area contributed by atoms with Gasteiger partial charge in [-0.1, -0.05) is 17.7 Å². The normalized spacial score (nSPS) is 10.1. The zero-order valence-corrected chi connectivity index (χ0v) is 13.7. The first kappa shape index (κ1) is 16.2. The van der Waals surface area contributed by atoms with Gasteiger partial charge in [0.1, 0.15) is 0 Å². The highest BCUT2D eigenvalue weighted by Crippen LogP contribution is 2.29. The maximum absolute atomic E-state index is 12.0. The van der Waals surface area contributed by atoms with E-state index in [1.165, 1.54) is 17.3 Å². The van der Waals surface area contributed by atoms with E-state index in [4.69, 9.17) is 9.47 Å². The number of hydrogen-bond acceptors (Lipinski definition) is 4. The molecule has 0 heterocycles. The number of ether oxygens (including phenoxy) is 2. The lowest BCUT2D eigenvalue weighted by molar-refractivity contribution is -0.113. The second kappa shape index (κ2) is 7.75. The standard InChI is InChI=1S/C17H19NO3S/c1-12-4-7-14(8-5-12)22-11-17(19)18-13-6-9-15(20-2)16(10-13)21-3/h4-10H,11H2,1-3H3,(H,18,19). The molecule has 0 unspecified atom stereocenters. The zero-order valence-electron chi connectivity index (χ0n) is 12.9. The number of rotatable bonds is 6. The Balaban J connectivity index is 1.93. The first-order valence-electron chi connectivity index (χ1n) is 6.83. The molecule has 5 heteroatoms. The van der Waals surface area contributed by atoms with E-state index >= 15 is 0 Å². The van der Waals surface area contributed by atoms with Crippen molar-refractivity contribution >= 4 is 23.4 Å². The van der Waals surface area contributed by atoms with Crippen LogP contribution < -0.4 is 14.8 Å². The summed E-state index contributed by atoms with van der Waals surface area (Å²) in [5, 5.41) is 2.85. The monoisotopic (exact) mass is 317 g/mol. The first-order valence-corrected chi connectivity index (χ1v) is 7.82. The number of benzene rings is 2. The molecule has 2 aromatic rings. The maximum atomic E-state index is 12.0. The highest BCUT2D eigenvalue weighted by atomic mass is 32.2. The van der Waals surface area contributed by atoms with Crippen LogP contribution in [0.1, 0.15) is 5.56 Å². The van der Waals surface area contributed by atoms with Gasteiger partial charge in [0.15, 0.2) is 11.5 Å². The van der Waals surface area contributed by atoms with E-state index in [0.717, 1.165) is 4.90 Å². The van der Waals surface area contributed by atoms with E-state index in [1.54, 1.807) is 32.4 Å². The van der Waals surface area contributed by atoms with Gasteiger partial charge in [-0.25, -0.2) is 0 Å². The molecule has 0 atom stereocenters. The molecule has 0 spiro atoms. The molecular formula is C17H19NO3S. The molecule has 0 aliphatic heterocycles. The van der Waals surface area contributed by atoms with E-state index in [-0.39, 0.29) is 5.91 Å². The van der Waals surface area contributed by atoms with E-state index in [0.29, 0.717) is 22.9 Å². The first-order chi connectivity index (χ1) is 10.6. The van der Waals surface area contributed by atoms with E-state index < -0.39 is 0 Å². The summed E-state index contributed by atoms with van der Waals surface area (Å²) < 4.78 is 10.4. The van der Waals surface area contributed by atoms with Crippen LogP contribution in [0.25, 0.3) is 0 Å². The molecule has 0 fully saturated rings. The number of amides is 1. The van der Waals surface area contributed by atoms with E-state index in [9.17, 15) is 4.79 Å². The van der Waals surface area contributed by atoms with Crippen LogP contribution >= 0.6 is 11.8 Å². The summed E-state index contributed by atoms with van der Waals surface area (Å²) in [6.07, 6.45) is 0. The number of aryl methyl sites for hydroxylation is 1. The Bertz CT molecular complexity index is 641. The largest absolute Gasteiger partial charge is 0.493 e. The zero-order chi connectivity index (χ0) is 15.9. The van der Waals surface area contributed by atoms with Crippen LogP contribution in [-0.4, -0.2) is 25.9 Å². The molecule has 0 saturated carbocycles. The van der Waals surface area contributed by atoms with Crippen LogP contribution in [0.3, 0.4) is 0 Å². The Hall–Kier alpha value is -2.14. The SMILES string of the molecule is COc1ccc(NC(=O)CSc2ccc(C)cc2)cc1OC. The number of carbonyl (C=O) groups is 1. The Morgan fingerprint density at radius 3 is 2.36 bits per heavy atom. The van der Waals surface area contributed by atoms with Crippen molar-refractivity contribution in [2.24, 2.45) is 0 Å². The van der Waals surface area contributed by atoms with Gasteiger partial charge in [-0.15, -0.1) is 11.8 Å². The summed E-state index contributed by atoms with van der Waals surface area (Å²) in [5.74, 6) is 1.52. The van der Waals surface area contributed by atoms with Crippen molar-refractivity contribution in [3.63, 3.8) is 0 Å². The molecule has 0 saturated heterocycles. The fourth-order valence-corrected chi connectivity index (χ4v) is 2.59. The van der Waals surface area contributed by atoms with Gasteiger partial charge in [0.25, 0.3) is 0 Å². The van der Waals surface area contributed by atoms with Gasteiger partial charge in [-0.05, 0) is 31.2 Å². The lowest BCUT2D eigenvalue weighted by Crippen LogP contribution is -2.14. The average Bonchev–Trinajstić information content (AvgIpc) is 2.54. The molecule has 0 aliphatic rings. The minimum absolute atomic E-state index is 0.0576. The van der Waals surface area contributed by atoms with Gasteiger partial charge in [0.2, 0.25) is 5.91 Å². The lowest BCUT2D eigenvalue weighted by atomic mass is 10.2. The van der Waals surface area contributed by atoms with Gasteiger partial charge in [-0.2, -0.15) is 0 Å². The fraction of sp³-hybridized carbons (Fsp3) is 0.235. The predicted molar refractivity (Wildman–Crippen MR) is 90.1 cm³/mol. The molecule has 0 aliphatic carbocycles. The third-order valence-corrected chi connectivity index (χ3v) is 4.07. The minimum atomic E-state index is -0.0576. The topological polar surface area (TPSA) is 47.6 Å². The van der Waals surface area contributed by atoms with Crippen molar-refractivity contribution in [2.45, 2.75) is 11.8 Å². The summed E-state index contributed by atoms with van der Waals surface area (Å²) in [6.45, 7) is 2.04. The molecule has 1 N–H and O–H groups in total. The van der Waals surface area contributed by atoms with Crippen molar-refractivity contribution in [1.29, 1.82) is 0 Å². The van der Waals surface area contributed by atoms with Crippen molar-refractivity contribution in [1.82, 2.24) is 0 Å². The molecule has 0 bridgehead atoms. The molecule has 1 amide bonds. The smallest absolute Gasteiger partial charge is 0.234 e. The Labute approximate surface area is 134 Å². The summed E-state index contributed by atoms with van der Waals surface area (Å²) in [7, 11) is 3.14. The number of methoxy groups -OCH3 is 2. The highest BCUT2D eigenvalue weighted by molar-refractivity contribution is 8.00. The number of carbonyl (C=O) groups excluding carboxylic acids is 1. The van der Waals surface area contributed by atoms with Gasteiger partial charge in [0.05, 0.1) is 20.0 Å². The quantitative estimate of drug-likeness (QED) is 0.825. The van der Waals surface area contributed by atoms with Crippen molar-refractivity contribution < 1.29 is 14.3 Å². The number of anilines is 1. The second-order valence-corrected chi connectivity index (χ2v) is 5.77. The number of nitrogens with one attached hydrogen (secondary N) is 1. The van der Waals surface area contributed by atoms with Gasteiger partial charge < -0.3 is 14.8 Å². The lowest BCUT2D eigenvalue weighted by Gasteiger charge is -2.10. The third-order valence-electron chi connectivity index (χ3n) is 3.06. The molecule has 2 aromatic carbocycles. The van der Waals surface area contributed by atoms with Crippen molar-refractivity contribution in [3.8, 4) is 11.5 Å². The molecule has 0 radical (unpaired) electrons. The van der Waals surface area contributed by atoms with Gasteiger partial charge >= 0.3 is 0 Å². The van der Waals surface area contributed by atoms with E-state index in [2.05, 4.69) is 5.32 Å². The van der Waals surface area contributed by atoms with Gasteiger partial charge in [0, 0.05) is 16.6 Å². The Morgan fingerprint density at radius 2 is 1.73 bits per heavy atom. The Morgan fingerprint density at radius 1 is 1.05 bits per heavy atom. The highest BCUT2D eigenvalue weighted by Gasteiger charge is 2.08. The molecule has 116 valence electrons. The summed E-state index contributed by atoms with van der Waals surface area (Å²) >= 11 is 1.51. The second-order valence-electron chi connectivity index (χ2n) is 4.72. The Kier molecular flexibility index (Phi) is 5.72. The summed E-state index contributed by atoms with van der Waals surface area (Å²) in [4.78, 5) is 13.1. The molecule has 4 nitrogen and oxygen atoms in total. The van der Waals surface area contributed by atoms with Gasteiger partial charge in [-0.3, -0.25) is 4.79 Å². The maximum Gasteiger partial charge on any atom is 0.234 e. The van der Waals surface area contributed by atoms with Crippen LogP contribution in [0.4, 0.5) is 5.69 Å².